The van der Waals surface area contributed by atoms with Crippen LogP contribution in [0.1, 0.15) is 65.2 Å². The molecule has 2 fully saturated rings. The zero-order chi connectivity index (χ0) is 13.0. The van der Waals surface area contributed by atoms with E-state index in [1.54, 1.807) is 0 Å². The van der Waals surface area contributed by atoms with Gasteiger partial charge in [0, 0.05) is 18.6 Å². The molecule has 0 aromatic rings. The van der Waals surface area contributed by atoms with E-state index in [1.807, 2.05) is 0 Å². The van der Waals surface area contributed by atoms with Crippen LogP contribution in [0.2, 0.25) is 0 Å². The van der Waals surface area contributed by atoms with Gasteiger partial charge < -0.3 is 10.2 Å². The maximum Gasteiger partial charge on any atom is 0.169 e. The van der Waals surface area contributed by atoms with Gasteiger partial charge in [-0.1, -0.05) is 39.5 Å². The minimum atomic E-state index is 0.647. The van der Waals surface area contributed by atoms with Crippen molar-refractivity contribution in [2.75, 3.05) is 6.54 Å². The predicted octanol–water partition coefficient (Wildman–Crippen LogP) is 3.70. The highest BCUT2D eigenvalue weighted by Crippen LogP contribution is 2.25. The minimum Gasteiger partial charge on any atom is -0.360 e. The molecule has 0 heterocycles. The molecule has 2 saturated carbocycles. The summed E-state index contributed by atoms with van der Waals surface area (Å²) in [5.74, 6) is 0.689. The lowest BCUT2D eigenvalue weighted by Gasteiger charge is -2.34. The van der Waals surface area contributed by atoms with E-state index in [9.17, 15) is 0 Å². The first kappa shape index (κ1) is 14.1. The fraction of sp³-hybridized carbons (Fsp3) is 0.933. The number of thiocarbonyl (C=S) groups is 1. The van der Waals surface area contributed by atoms with Gasteiger partial charge in [-0.2, -0.15) is 0 Å². The average molecular weight is 268 g/mol. The van der Waals surface area contributed by atoms with Crippen molar-refractivity contribution in [2.24, 2.45) is 5.92 Å². The fourth-order valence-corrected chi connectivity index (χ4v) is 3.73. The van der Waals surface area contributed by atoms with E-state index in [0.29, 0.717) is 18.0 Å². The van der Waals surface area contributed by atoms with Crippen molar-refractivity contribution in [1.82, 2.24) is 10.2 Å². The molecule has 0 aromatic carbocycles. The summed E-state index contributed by atoms with van der Waals surface area (Å²) in [6.45, 7) is 5.70. The van der Waals surface area contributed by atoms with Crippen LogP contribution in [0.5, 0.6) is 0 Å². The highest BCUT2D eigenvalue weighted by Gasteiger charge is 2.26. The standard InChI is InChI=1S/C15H28N2S/c1-12(2)11-17(14-9-5-6-10-14)15(18)16-13-7-3-4-8-13/h12-14H,3-11H2,1-2H3,(H,16,18). The van der Waals surface area contributed by atoms with Crippen molar-refractivity contribution in [2.45, 2.75) is 77.3 Å². The van der Waals surface area contributed by atoms with Crippen molar-refractivity contribution >= 4 is 17.3 Å². The SMILES string of the molecule is CC(C)CN(C(=S)NC1CCCC1)C1CCCC1. The molecule has 0 radical (unpaired) electrons. The van der Waals surface area contributed by atoms with Crippen LogP contribution in [-0.4, -0.2) is 28.6 Å². The monoisotopic (exact) mass is 268 g/mol. The van der Waals surface area contributed by atoms with Crippen LogP contribution >= 0.6 is 12.2 Å². The molecule has 2 aliphatic carbocycles. The Morgan fingerprint density at radius 1 is 1.11 bits per heavy atom. The Hall–Kier alpha value is -0.310. The van der Waals surface area contributed by atoms with E-state index < -0.39 is 0 Å². The molecule has 0 saturated heterocycles. The Kier molecular flexibility index (Phi) is 5.28. The molecule has 1 N–H and O–H groups in total. The Morgan fingerprint density at radius 3 is 2.22 bits per heavy atom. The minimum absolute atomic E-state index is 0.647. The second kappa shape index (κ2) is 6.74. The van der Waals surface area contributed by atoms with Gasteiger partial charge in [-0.05, 0) is 43.8 Å². The maximum atomic E-state index is 5.68. The molecule has 0 aromatic heterocycles. The molecule has 0 atom stereocenters. The van der Waals surface area contributed by atoms with Crippen molar-refractivity contribution in [1.29, 1.82) is 0 Å². The van der Waals surface area contributed by atoms with Crippen molar-refractivity contribution in [3.05, 3.63) is 0 Å². The number of hydrogen-bond donors (Lipinski definition) is 1. The number of hydrogen-bond acceptors (Lipinski definition) is 1. The summed E-state index contributed by atoms with van der Waals surface area (Å²) in [7, 11) is 0. The van der Waals surface area contributed by atoms with Gasteiger partial charge >= 0.3 is 0 Å². The zero-order valence-electron chi connectivity index (χ0n) is 12.0. The molecule has 104 valence electrons. The Bertz CT molecular complexity index is 266. The van der Waals surface area contributed by atoms with Crippen LogP contribution < -0.4 is 5.32 Å². The molecule has 0 unspecified atom stereocenters. The lowest BCUT2D eigenvalue weighted by atomic mass is 10.1. The molecule has 0 bridgehead atoms. The van der Waals surface area contributed by atoms with Crippen molar-refractivity contribution in [3.8, 4) is 0 Å². The summed E-state index contributed by atoms with van der Waals surface area (Å²) in [5.41, 5.74) is 0. The molecular formula is C15H28N2S. The number of nitrogens with zero attached hydrogens (tertiary/aromatic N) is 1. The third kappa shape index (κ3) is 3.84. The van der Waals surface area contributed by atoms with Crippen molar-refractivity contribution in [3.63, 3.8) is 0 Å². The topological polar surface area (TPSA) is 15.3 Å². The molecule has 18 heavy (non-hydrogen) atoms. The lowest BCUT2D eigenvalue weighted by molar-refractivity contribution is 0.277. The molecular weight excluding hydrogens is 240 g/mol. The van der Waals surface area contributed by atoms with E-state index in [2.05, 4.69) is 24.1 Å². The van der Waals surface area contributed by atoms with Crippen LogP contribution in [0, 0.1) is 5.92 Å². The molecule has 0 spiro atoms. The average Bonchev–Trinajstić information content (AvgIpc) is 2.97. The van der Waals surface area contributed by atoms with E-state index in [0.717, 1.165) is 11.7 Å². The normalized spacial score (nSPS) is 21.7. The van der Waals surface area contributed by atoms with E-state index >= 15 is 0 Å². The summed E-state index contributed by atoms with van der Waals surface area (Å²) < 4.78 is 0. The first-order valence-corrected chi connectivity index (χ1v) is 8.15. The molecule has 2 rings (SSSR count). The molecule has 0 amide bonds. The molecule has 2 nitrogen and oxygen atoms in total. The zero-order valence-corrected chi connectivity index (χ0v) is 12.8. The van der Waals surface area contributed by atoms with Crippen LogP contribution in [0.15, 0.2) is 0 Å². The lowest BCUT2D eigenvalue weighted by Crippen LogP contribution is -2.49. The van der Waals surface area contributed by atoms with Gasteiger partial charge in [0.15, 0.2) is 5.11 Å². The summed E-state index contributed by atoms with van der Waals surface area (Å²) in [6.07, 6.45) is 10.8. The van der Waals surface area contributed by atoms with E-state index in [1.165, 1.54) is 51.4 Å². The van der Waals surface area contributed by atoms with Crippen LogP contribution in [0.3, 0.4) is 0 Å². The molecule has 0 aliphatic heterocycles. The smallest absolute Gasteiger partial charge is 0.169 e. The molecule has 3 heteroatoms. The first-order chi connectivity index (χ1) is 8.66. The summed E-state index contributed by atoms with van der Waals surface area (Å²) in [4.78, 5) is 2.49. The van der Waals surface area contributed by atoms with Crippen LogP contribution in [0.25, 0.3) is 0 Å². The number of nitrogens with one attached hydrogen (secondary N) is 1. The maximum absolute atomic E-state index is 5.68. The van der Waals surface area contributed by atoms with Crippen molar-refractivity contribution < 1.29 is 0 Å². The fourth-order valence-electron chi connectivity index (χ4n) is 3.33. The quantitative estimate of drug-likeness (QED) is 0.783. The van der Waals surface area contributed by atoms with E-state index in [4.69, 9.17) is 12.2 Å². The number of rotatable bonds is 4. The summed E-state index contributed by atoms with van der Waals surface area (Å²) >= 11 is 5.68. The highest BCUT2D eigenvalue weighted by atomic mass is 32.1. The molecule has 2 aliphatic rings. The van der Waals surface area contributed by atoms with Gasteiger partial charge in [-0.3, -0.25) is 0 Å². The largest absolute Gasteiger partial charge is 0.360 e. The second-order valence-electron chi connectivity index (χ2n) is 6.42. The Balaban J connectivity index is 1.90. The third-order valence-electron chi connectivity index (χ3n) is 4.27. The first-order valence-electron chi connectivity index (χ1n) is 7.74. The third-order valence-corrected chi connectivity index (χ3v) is 4.62. The van der Waals surface area contributed by atoms with Crippen LogP contribution in [-0.2, 0) is 0 Å². The predicted molar refractivity (Wildman–Crippen MR) is 81.8 cm³/mol. The van der Waals surface area contributed by atoms with Gasteiger partial charge in [0.1, 0.15) is 0 Å². The highest BCUT2D eigenvalue weighted by molar-refractivity contribution is 7.80. The Labute approximate surface area is 118 Å². The summed E-state index contributed by atoms with van der Waals surface area (Å²) in [5, 5.41) is 4.65. The van der Waals surface area contributed by atoms with Gasteiger partial charge in [0.05, 0.1) is 0 Å². The summed E-state index contributed by atoms with van der Waals surface area (Å²) in [6, 6.07) is 1.35. The van der Waals surface area contributed by atoms with Gasteiger partial charge in [-0.15, -0.1) is 0 Å². The van der Waals surface area contributed by atoms with E-state index in [-0.39, 0.29) is 0 Å². The van der Waals surface area contributed by atoms with Gasteiger partial charge in [-0.25, -0.2) is 0 Å². The van der Waals surface area contributed by atoms with Crippen LogP contribution in [0.4, 0.5) is 0 Å². The Morgan fingerprint density at radius 2 is 1.67 bits per heavy atom. The second-order valence-corrected chi connectivity index (χ2v) is 6.80. The van der Waals surface area contributed by atoms with Gasteiger partial charge in [0.2, 0.25) is 0 Å². The van der Waals surface area contributed by atoms with Gasteiger partial charge in [0.25, 0.3) is 0 Å².